The molecule has 0 bridgehead atoms. The van der Waals surface area contributed by atoms with E-state index >= 15 is 0 Å². The van der Waals surface area contributed by atoms with Crippen molar-refractivity contribution in [2.24, 2.45) is 0 Å². The van der Waals surface area contributed by atoms with E-state index in [1.807, 2.05) is 19.1 Å². The largest absolute Gasteiger partial charge is 0.496 e. The molecule has 0 spiro atoms. The maximum atomic E-state index is 10.6. The number of carbonyl (C=O) groups excluding carboxylic acids is 1. The molecule has 0 heterocycles. The van der Waals surface area contributed by atoms with Crippen molar-refractivity contribution < 1.29 is 9.53 Å². The number of aryl methyl sites for hydroxylation is 2. The van der Waals surface area contributed by atoms with Crippen LogP contribution in [-0.4, -0.2) is 12.4 Å². The Balaban J connectivity index is 2.65. The molecule has 82 valence electrons. The molecule has 0 amide bonds. The fraction of sp³-hybridized carbons (Fsp3) is 0.417. The highest BCUT2D eigenvalue weighted by Gasteiger charge is 2.04. The predicted octanol–water partition coefficient (Wildman–Crippen LogP) is 3.09. The fourth-order valence-corrected chi connectivity index (χ4v) is 1.65. The second-order valence-corrected chi connectivity index (χ2v) is 3.95. The zero-order valence-corrected chi connectivity index (χ0v) is 9.80. The Morgan fingerprint density at radius 1 is 1.47 bits per heavy atom. The molecule has 1 aromatic rings. The van der Waals surface area contributed by atoms with Crippen molar-refractivity contribution in [3.63, 3.8) is 0 Å². The van der Waals surface area contributed by atoms with E-state index < -0.39 is 0 Å². The molecule has 1 rings (SSSR count). The second-order valence-electron chi connectivity index (χ2n) is 3.52. The minimum atomic E-state index is -0.276. The number of halogens is 1. The summed E-state index contributed by atoms with van der Waals surface area (Å²) < 4.78 is 5.24. The van der Waals surface area contributed by atoms with Crippen molar-refractivity contribution >= 4 is 16.8 Å². The SMILES string of the molecule is COc1ccc(C)cc1CCCC(=O)Cl. The van der Waals surface area contributed by atoms with Crippen LogP contribution in [0.5, 0.6) is 5.75 Å². The van der Waals surface area contributed by atoms with Gasteiger partial charge in [0.1, 0.15) is 5.75 Å². The van der Waals surface area contributed by atoms with E-state index in [-0.39, 0.29) is 5.24 Å². The third-order valence-corrected chi connectivity index (χ3v) is 2.44. The summed E-state index contributed by atoms with van der Waals surface area (Å²) >= 11 is 5.28. The van der Waals surface area contributed by atoms with Gasteiger partial charge in [0.2, 0.25) is 5.24 Å². The molecule has 0 radical (unpaired) electrons. The first-order valence-electron chi connectivity index (χ1n) is 4.95. The highest BCUT2D eigenvalue weighted by molar-refractivity contribution is 6.63. The van der Waals surface area contributed by atoms with Gasteiger partial charge in [0.25, 0.3) is 0 Å². The molecule has 0 atom stereocenters. The number of hydrogen-bond donors (Lipinski definition) is 0. The Kier molecular flexibility index (Phi) is 4.63. The molecule has 0 N–H and O–H groups in total. The molecule has 0 aromatic heterocycles. The van der Waals surface area contributed by atoms with Crippen LogP contribution < -0.4 is 4.74 Å². The van der Waals surface area contributed by atoms with Gasteiger partial charge in [-0.1, -0.05) is 17.7 Å². The molecular formula is C12H15ClO2. The highest BCUT2D eigenvalue weighted by Crippen LogP contribution is 2.21. The van der Waals surface area contributed by atoms with Crippen LogP contribution in [0.1, 0.15) is 24.0 Å². The van der Waals surface area contributed by atoms with Crippen LogP contribution in [0.4, 0.5) is 0 Å². The zero-order valence-electron chi connectivity index (χ0n) is 9.05. The molecule has 0 aliphatic rings. The molecule has 2 nitrogen and oxygen atoms in total. The Labute approximate surface area is 95.2 Å². The summed E-state index contributed by atoms with van der Waals surface area (Å²) in [7, 11) is 1.65. The lowest BCUT2D eigenvalue weighted by atomic mass is 10.0. The molecule has 0 aliphatic heterocycles. The topological polar surface area (TPSA) is 26.3 Å². The van der Waals surface area contributed by atoms with E-state index in [2.05, 4.69) is 6.07 Å². The van der Waals surface area contributed by atoms with Gasteiger partial charge < -0.3 is 4.74 Å². The van der Waals surface area contributed by atoms with Gasteiger partial charge in [-0.15, -0.1) is 0 Å². The van der Waals surface area contributed by atoms with Crippen molar-refractivity contribution in [3.05, 3.63) is 29.3 Å². The normalized spacial score (nSPS) is 10.1. The monoisotopic (exact) mass is 226 g/mol. The minimum Gasteiger partial charge on any atom is -0.496 e. The van der Waals surface area contributed by atoms with Gasteiger partial charge >= 0.3 is 0 Å². The summed E-state index contributed by atoms with van der Waals surface area (Å²) in [5.41, 5.74) is 2.33. The van der Waals surface area contributed by atoms with Crippen LogP contribution in [0.3, 0.4) is 0 Å². The van der Waals surface area contributed by atoms with Crippen LogP contribution >= 0.6 is 11.6 Å². The van der Waals surface area contributed by atoms with Crippen LogP contribution in [0, 0.1) is 6.92 Å². The maximum Gasteiger partial charge on any atom is 0.221 e. The molecule has 1 aromatic carbocycles. The summed E-state index contributed by atoms with van der Waals surface area (Å²) in [6.07, 6.45) is 2.00. The Morgan fingerprint density at radius 2 is 2.20 bits per heavy atom. The van der Waals surface area contributed by atoms with Crippen LogP contribution in [0.25, 0.3) is 0 Å². The number of ether oxygens (including phenoxy) is 1. The fourth-order valence-electron chi connectivity index (χ4n) is 1.52. The molecule has 0 fully saturated rings. The van der Waals surface area contributed by atoms with E-state index in [1.165, 1.54) is 5.56 Å². The van der Waals surface area contributed by atoms with Gasteiger partial charge in [0.15, 0.2) is 0 Å². The lowest BCUT2D eigenvalue weighted by Gasteiger charge is -2.08. The molecule has 15 heavy (non-hydrogen) atoms. The van der Waals surface area contributed by atoms with Gasteiger partial charge in [0, 0.05) is 6.42 Å². The molecule has 0 saturated heterocycles. The number of hydrogen-bond acceptors (Lipinski definition) is 2. The Morgan fingerprint density at radius 3 is 2.80 bits per heavy atom. The van der Waals surface area contributed by atoms with Crippen molar-refractivity contribution in [1.82, 2.24) is 0 Å². The van der Waals surface area contributed by atoms with Crippen LogP contribution in [0.2, 0.25) is 0 Å². The third-order valence-electron chi connectivity index (χ3n) is 2.26. The standard InChI is InChI=1S/C12H15ClO2/c1-9-6-7-11(15-2)10(8-9)4-3-5-12(13)14/h6-8H,3-5H2,1-2H3. The third kappa shape index (κ3) is 3.92. The van der Waals surface area contributed by atoms with E-state index in [0.717, 1.165) is 24.2 Å². The molecule has 0 aliphatic carbocycles. The highest BCUT2D eigenvalue weighted by atomic mass is 35.5. The summed E-state index contributed by atoms with van der Waals surface area (Å²) in [6, 6.07) is 6.04. The second kappa shape index (κ2) is 5.76. The van der Waals surface area contributed by atoms with Gasteiger partial charge in [-0.25, -0.2) is 0 Å². The van der Waals surface area contributed by atoms with Crippen molar-refractivity contribution in [2.75, 3.05) is 7.11 Å². The average molecular weight is 227 g/mol. The lowest BCUT2D eigenvalue weighted by molar-refractivity contribution is -0.111. The zero-order chi connectivity index (χ0) is 11.3. The summed E-state index contributed by atoms with van der Waals surface area (Å²) in [5.74, 6) is 0.877. The van der Waals surface area contributed by atoms with Crippen molar-refractivity contribution in [1.29, 1.82) is 0 Å². The predicted molar refractivity (Wildman–Crippen MR) is 61.5 cm³/mol. The molecular weight excluding hydrogens is 212 g/mol. The van der Waals surface area contributed by atoms with E-state index in [4.69, 9.17) is 16.3 Å². The van der Waals surface area contributed by atoms with E-state index in [0.29, 0.717) is 6.42 Å². The Bertz CT molecular complexity index is 347. The van der Waals surface area contributed by atoms with Gasteiger partial charge in [-0.05, 0) is 43.0 Å². The van der Waals surface area contributed by atoms with Crippen LogP contribution in [-0.2, 0) is 11.2 Å². The first kappa shape index (κ1) is 12.1. The van der Waals surface area contributed by atoms with E-state index in [9.17, 15) is 4.79 Å². The summed E-state index contributed by atoms with van der Waals surface area (Å²) in [6.45, 7) is 2.04. The first-order valence-corrected chi connectivity index (χ1v) is 5.33. The summed E-state index contributed by atoms with van der Waals surface area (Å²) in [5, 5.41) is -0.276. The van der Waals surface area contributed by atoms with Gasteiger partial charge in [0.05, 0.1) is 7.11 Å². The Hall–Kier alpha value is -1.02. The van der Waals surface area contributed by atoms with Crippen LogP contribution in [0.15, 0.2) is 18.2 Å². The maximum absolute atomic E-state index is 10.6. The first-order chi connectivity index (χ1) is 7.13. The molecule has 0 unspecified atom stereocenters. The van der Waals surface area contributed by atoms with Gasteiger partial charge in [-0.2, -0.15) is 0 Å². The average Bonchev–Trinajstić information content (AvgIpc) is 2.17. The number of rotatable bonds is 5. The number of benzene rings is 1. The quantitative estimate of drug-likeness (QED) is 0.722. The lowest BCUT2D eigenvalue weighted by Crippen LogP contribution is -1.95. The van der Waals surface area contributed by atoms with E-state index in [1.54, 1.807) is 7.11 Å². The smallest absolute Gasteiger partial charge is 0.221 e. The van der Waals surface area contributed by atoms with Gasteiger partial charge in [-0.3, -0.25) is 4.79 Å². The molecule has 3 heteroatoms. The number of methoxy groups -OCH3 is 1. The molecule has 0 saturated carbocycles. The summed E-state index contributed by atoms with van der Waals surface area (Å²) in [4.78, 5) is 10.6. The van der Waals surface area contributed by atoms with Crippen molar-refractivity contribution in [3.8, 4) is 5.75 Å². The minimum absolute atomic E-state index is 0.276. The number of carbonyl (C=O) groups is 1. The van der Waals surface area contributed by atoms with Crippen molar-refractivity contribution in [2.45, 2.75) is 26.2 Å².